The molecular weight excluding hydrogens is 260 g/mol. The van der Waals surface area contributed by atoms with Crippen molar-refractivity contribution in [1.29, 1.82) is 0 Å². The number of nitro groups is 1. The van der Waals surface area contributed by atoms with Gasteiger partial charge in [0.25, 0.3) is 5.69 Å². The van der Waals surface area contributed by atoms with Crippen LogP contribution in [0.15, 0.2) is 18.2 Å². The SMILES string of the molecule is NNc1ccc([N+](=O)[O-])cc1F.O=P(O)(O)O. The van der Waals surface area contributed by atoms with Gasteiger partial charge in [0, 0.05) is 6.07 Å². The molecule has 0 heterocycles. The van der Waals surface area contributed by atoms with Crippen molar-refractivity contribution in [1.82, 2.24) is 0 Å². The summed E-state index contributed by atoms with van der Waals surface area (Å²) in [4.78, 5) is 31.0. The molecular formula is C6H9FN3O6P. The summed E-state index contributed by atoms with van der Waals surface area (Å²) in [6.07, 6.45) is 0. The Morgan fingerprint density at radius 3 is 2.18 bits per heavy atom. The Hall–Kier alpha value is -1.58. The largest absolute Gasteiger partial charge is 0.466 e. The highest BCUT2D eigenvalue weighted by molar-refractivity contribution is 7.45. The van der Waals surface area contributed by atoms with Gasteiger partial charge in [-0.25, -0.2) is 8.96 Å². The zero-order chi connectivity index (χ0) is 13.6. The number of nitrogens with zero attached hydrogens (tertiary/aromatic N) is 1. The highest BCUT2D eigenvalue weighted by atomic mass is 31.2. The first kappa shape index (κ1) is 15.4. The molecule has 0 aromatic heterocycles. The molecule has 0 radical (unpaired) electrons. The highest BCUT2D eigenvalue weighted by Crippen LogP contribution is 2.25. The monoisotopic (exact) mass is 269 g/mol. The maximum atomic E-state index is 12.8. The number of nitrogens with two attached hydrogens (primary N) is 1. The maximum Gasteiger partial charge on any atom is 0.466 e. The number of non-ortho nitro benzene ring substituents is 1. The maximum absolute atomic E-state index is 12.8. The number of nitrogens with one attached hydrogen (secondary N) is 1. The number of hydrogen-bond donors (Lipinski definition) is 5. The Kier molecular flexibility index (Phi) is 5.65. The van der Waals surface area contributed by atoms with Crippen LogP contribution in [0.25, 0.3) is 0 Å². The van der Waals surface area contributed by atoms with Crippen molar-refractivity contribution in [2.75, 3.05) is 5.43 Å². The summed E-state index contributed by atoms with van der Waals surface area (Å²) in [5.74, 6) is 4.17. The Morgan fingerprint density at radius 2 is 1.88 bits per heavy atom. The molecule has 0 aliphatic carbocycles. The van der Waals surface area contributed by atoms with Gasteiger partial charge in [-0.2, -0.15) is 0 Å². The molecule has 9 nitrogen and oxygen atoms in total. The van der Waals surface area contributed by atoms with Crippen LogP contribution in [-0.2, 0) is 4.57 Å². The molecule has 0 spiro atoms. The van der Waals surface area contributed by atoms with E-state index in [2.05, 4.69) is 5.43 Å². The summed E-state index contributed by atoms with van der Waals surface area (Å²) in [6, 6.07) is 3.17. The van der Waals surface area contributed by atoms with Crippen LogP contribution in [-0.4, -0.2) is 19.6 Å². The molecule has 11 heteroatoms. The van der Waals surface area contributed by atoms with Gasteiger partial charge >= 0.3 is 7.82 Å². The summed E-state index contributed by atoms with van der Waals surface area (Å²) >= 11 is 0. The second kappa shape index (κ2) is 6.23. The molecule has 0 aliphatic rings. The summed E-state index contributed by atoms with van der Waals surface area (Å²) in [6.45, 7) is 0. The first-order valence-corrected chi connectivity index (χ1v) is 5.40. The molecule has 0 atom stereocenters. The van der Waals surface area contributed by atoms with Crippen molar-refractivity contribution in [2.24, 2.45) is 5.84 Å². The zero-order valence-corrected chi connectivity index (χ0v) is 9.04. The Labute approximate surface area is 94.0 Å². The van der Waals surface area contributed by atoms with Gasteiger partial charge in [-0.1, -0.05) is 0 Å². The second-order valence-corrected chi connectivity index (χ2v) is 3.61. The van der Waals surface area contributed by atoms with Crippen LogP contribution in [0.3, 0.4) is 0 Å². The predicted molar refractivity (Wildman–Crippen MR) is 55.1 cm³/mol. The number of phosphoric acid groups is 1. The van der Waals surface area contributed by atoms with E-state index in [4.69, 9.17) is 25.1 Å². The highest BCUT2D eigenvalue weighted by Gasteiger charge is 2.08. The fourth-order valence-electron chi connectivity index (χ4n) is 0.735. The molecule has 0 aliphatic heterocycles. The molecule has 17 heavy (non-hydrogen) atoms. The van der Waals surface area contributed by atoms with Gasteiger partial charge in [0.15, 0.2) is 5.82 Å². The van der Waals surface area contributed by atoms with Gasteiger partial charge in [-0.3, -0.25) is 16.0 Å². The number of hydrogen-bond acceptors (Lipinski definition) is 5. The Morgan fingerprint density at radius 1 is 1.41 bits per heavy atom. The van der Waals surface area contributed by atoms with E-state index in [9.17, 15) is 14.5 Å². The van der Waals surface area contributed by atoms with Crippen molar-refractivity contribution >= 4 is 19.2 Å². The Balaban J connectivity index is 0.000000437. The van der Waals surface area contributed by atoms with E-state index in [1.54, 1.807) is 0 Å². The van der Waals surface area contributed by atoms with Gasteiger partial charge in [-0.05, 0) is 6.07 Å². The number of halogens is 1. The van der Waals surface area contributed by atoms with Crippen LogP contribution in [0, 0.1) is 15.9 Å². The number of nitrogen functional groups attached to an aromatic ring is 1. The third kappa shape index (κ3) is 7.33. The topological polar surface area (TPSA) is 159 Å². The Bertz CT molecular complexity index is 441. The minimum absolute atomic E-state index is 0.0283. The van der Waals surface area contributed by atoms with Crippen molar-refractivity contribution in [3.05, 3.63) is 34.1 Å². The van der Waals surface area contributed by atoms with Crippen molar-refractivity contribution in [3.8, 4) is 0 Å². The first-order valence-electron chi connectivity index (χ1n) is 3.84. The van der Waals surface area contributed by atoms with Crippen LogP contribution < -0.4 is 11.3 Å². The minimum atomic E-state index is -4.64. The third-order valence-corrected chi connectivity index (χ3v) is 1.32. The van der Waals surface area contributed by atoms with E-state index >= 15 is 0 Å². The predicted octanol–water partition coefficient (Wildman–Crippen LogP) is 0.0909. The smallest absolute Gasteiger partial charge is 0.321 e. The molecule has 0 saturated carbocycles. The lowest BCUT2D eigenvalue weighted by molar-refractivity contribution is -0.385. The standard InChI is InChI=1S/C6H6FN3O2.H3O4P/c7-5-3-4(10(11)12)1-2-6(5)9-8;1-5(2,3)4/h1-3,9H,8H2;(H3,1,2,3,4). The lowest BCUT2D eigenvalue weighted by Crippen LogP contribution is -2.08. The number of hydrazine groups is 1. The van der Waals surface area contributed by atoms with E-state index in [-0.39, 0.29) is 11.4 Å². The number of benzene rings is 1. The fourth-order valence-corrected chi connectivity index (χ4v) is 0.735. The van der Waals surface area contributed by atoms with Crippen LogP contribution in [0.5, 0.6) is 0 Å². The molecule has 0 bridgehead atoms. The quantitative estimate of drug-likeness (QED) is 0.218. The van der Waals surface area contributed by atoms with Crippen molar-refractivity contribution in [2.45, 2.75) is 0 Å². The normalized spacial score (nSPS) is 10.2. The van der Waals surface area contributed by atoms with Gasteiger partial charge in [0.05, 0.1) is 16.7 Å². The van der Waals surface area contributed by atoms with Gasteiger partial charge in [0.2, 0.25) is 0 Å². The lowest BCUT2D eigenvalue weighted by Gasteiger charge is -1.99. The third-order valence-electron chi connectivity index (χ3n) is 1.32. The number of anilines is 1. The molecule has 96 valence electrons. The van der Waals surface area contributed by atoms with E-state index in [1.165, 1.54) is 6.07 Å². The molecule has 1 rings (SSSR count). The van der Waals surface area contributed by atoms with Crippen LogP contribution in [0.1, 0.15) is 0 Å². The van der Waals surface area contributed by atoms with Gasteiger partial charge in [0.1, 0.15) is 0 Å². The molecule has 1 aromatic rings. The number of rotatable bonds is 2. The van der Waals surface area contributed by atoms with Crippen molar-refractivity contribution < 1.29 is 28.6 Å². The average Bonchev–Trinajstić information content (AvgIpc) is 2.14. The summed E-state index contributed by atoms with van der Waals surface area (Å²) in [5, 5.41) is 10.1. The molecule has 0 saturated heterocycles. The molecule has 0 unspecified atom stereocenters. The summed E-state index contributed by atoms with van der Waals surface area (Å²) < 4.78 is 21.6. The zero-order valence-electron chi connectivity index (χ0n) is 8.15. The number of nitro benzene ring substituents is 1. The van der Waals surface area contributed by atoms with Crippen molar-refractivity contribution in [3.63, 3.8) is 0 Å². The van der Waals surface area contributed by atoms with E-state index in [0.717, 1.165) is 12.1 Å². The fraction of sp³-hybridized carbons (Fsp3) is 0. The van der Waals surface area contributed by atoms with E-state index in [0.29, 0.717) is 0 Å². The van der Waals surface area contributed by atoms with Gasteiger partial charge < -0.3 is 20.1 Å². The van der Waals surface area contributed by atoms with Crippen LogP contribution in [0.4, 0.5) is 15.8 Å². The first-order chi connectivity index (χ1) is 7.65. The van der Waals surface area contributed by atoms with E-state index in [1.807, 2.05) is 0 Å². The lowest BCUT2D eigenvalue weighted by atomic mass is 10.3. The molecule has 0 fully saturated rings. The van der Waals surface area contributed by atoms with E-state index < -0.39 is 18.6 Å². The summed E-state index contributed by atoms with van der Waals surface area (Å²) in [5.41, 5.74) is 1.79. The average molecular weight is 269 g/mol. The molecule has 6 N–H and O–H groups in total. The van der Waals surface area contributed by atoms with Crippen LogP contribution in [0.2, 0.25) is 0 Å². The molecule has 1 aromatic carbocycles. The summed E-state index contributed by atoms with van der Waals surface area (Å²) in [7, 11) is -4.64. The second-order valence-electron chi connectivity index (χ2n) is 2.58. The molecule has 0 amide bonds. The van der Waals surface area contributed by atoms with Gasteiger partial charge in [-0.15, -0.1) is 0 Å². The van der Waals surface area contributed by atoms with Crippen LogP contribution >= 0.6 is 7.82 Å². The minimum Gasteiger partial charge on any atom is -0.321 e.